The first-order valence-electron chi connectivity index (χ1n) is 4.46. The molecule has 70 valence electrons. The van der Waals surface area contributed by atoms with Crippen molar-refractivity contribution in [3.8, 4) is 0 Å². The van der Waals surface area contributed by atoms with Gasteiger partial charge < -0.3 is 5.73 Å². The second-order valence-electron chi connectivity index (χ2n) is 3.25. The van der Waals surface area contributed by atoms with E-state index < -0.39 is 0 Å². The predicted octanol–water partition coefficient (Wildman–Crippen LogP) is 2.48. The third-order valence-corrected chi connectivity index (χ3v) is 2.41. The standard InChI is InChI=1S/C11H15NO/c1-4-10(13)9-6-5-7(2)8(3)11(9)12/h5-6H,4,12H2,1-3H3. The first kappa shape index (κ1) is 9.78. The monoisotopic (exact) mass is 177 g/mol. The molecule has 0 aromatic heterocycles. The quantitative estimate of drug-likeness (QED) is 0.557. The van der Waals surface area contributed by atoms with Crippen LogP contribution < -0.4 is 5.73 Å². The molecule has 0 bridgehead atoms. The molecule has 0 atom stereocenters. The van der Waals surface area contributed by atoms with Gasteiger partial charge >= 0.3 is 0 Å². The summed E-state index contributed by atoms with van der Waals surface area (Å²) in [5.41, 5.74) is 9.27. The Balaban J connectivity index is 3.26. The maximum Gasteiger partial charge on any atom is 0.164 e. The molecule has 0 aliphatic rings. The van der Waals surface area contributed by atoms with E-state index in [4.69, 9.17) is 5.73 Å². The van der Waals surface area contributed by atoms with E-state index >= 15 is 0 Å². The van der Waals surface area contributed by atoms with Gasteiger partial charge in [0.15, 0.2) is 5.78 Å². The van der Waals surface area contributed by atoms with Crippen molar-refractivity contribution in [2.75, 3.05) is 5.73 Å². The molecule has 2 heteroatoms. The second kappa shape index (κ2) is 3.60. The van der Waals surface area contributed by atoms with Crippen LogP contribution in [0.3, 0.4) is 0 Å². The van der Waals surface area contributed by atoms with Crippen molar-refractivity contribution in [3.63, 3.8) is 0 Å². The molecule has 0 radical (unpaired) electrons. The lowest BCUT2D eigenvalue weighted by atomic mass is 9.99. The number of benzene rings is 1. The van der Waals surface area contributed by atoms with E-state index in [0.29, 0.717) is 17.7 Å². The minimum absolute atomic E-state index is 0.112. The average molecular weight is 177 g/mol. The Morgan fingerprint density at radius 2 is 2.00 bits per heavy atom. The van der Waals surface area contributed by atoms with Crippen LogP contribution in [0.1, 0.15) is 34.8 Å². The molecule has 1 rings (SSSR count). The minimum Gasteiger partial charge on any atom is -0.398 e. The van der Waals surface area contributed by atoms with Gasteiger partial charge in [-0.2, -0.15) is 0 Å². The average Bonchev–Trinajstić information content (AvgIpc) is 2.13. The van der Waals surface area contributed by atoms with Gasteiger partial charge in [0, 0.05) is 17.7 Å². The van der Waals surface area contributed by atoms with Crippen molar-refractivity contribution < 1.29 is 4.79 Å². The largest absolute Gasteiger partial charge is 0.398 e. The maximum atomic E-state index is 11.4. The molecule has 0 aliphatic heterocycles. The number of anilines is 1. The summed E-state index contributed by atoms with van der Waals surface area (Å²) in [7, 11) is 0. The number of Topliss-reactive ketones (excluding diaryl/α,β-unsaturated/α-hetero) is 1. The lowest BCUT2D eigenvalue weighted by Gasteiger charge is -2.08. The molecular weight excluding hydrogens is 162 g/mol. The zero-order valence-corrected chi connectivity index (χ0v) is 8.35. The molecule has 0 unspecified atom stereocenters. The van der Waals surface area contributed by atoms with Crippen molar-refractivity contribution in [1.29, 1.82) is 0 Å². The Labute approximate surface area is 78.8 Å². The van der Waals surface area contributed by atoms with Gasteiger partial charge in [-0.15, -0.1) is 0 Å². The molecule has 0 amide bonds. The fraction of sp³-hybridized carbons (Fsp3) is 0.364. The Kier molecular flexibility index (Phi) is 2.71. The summed E-state index contributed by atoms with van der Waals surface area (Å²) in [6.07, 6.45) is 0.507. The zero-order chi connectivity index (χ0) is 10.0. The van der Waals surface area contributed by atoms with Crippen molar-refractivity contribution >= 4 is 11.5 Å². The van der Waals surface area contributed by atoms with Crippen LogP contribution in [0.4, 0.5) is 5.69 Å². The summed E-state index contributed by atoms with van der Waals surface area (Å²) in [5, 5.41) is 0. The number of carbonyl (C=O) groups excluding carboxylic acids is 1. The number of nitrogens with two attached hydrogens (primary N) is 1. The molecule has 0 saturated carbocycles. The SMILES string of the molecule is CCC(=O)c1ccc(C)c(C)c1N. The molecule has 0 fully saturated rings. The highest BCUT2D eigenvalue weighted by Gasteiger charge is 2.09. The Bertz CT molecular complexity index is 342. The fourth-order valence-electron chi connectivity index (χ4n) is 1.27. The summed E-state index contributed by atoms with van der Waals surface area (Å²) in [5.74, 6) is 0.112. The van der Waals surface area contributed by atoms with Crippen LogP contribution >= 0.6 is 0 Å². The van der Waals surface area contributed by atoms with Gasteiger partial charge in [-0.3, -0.25) is 4.79 Å². The summed E-state index contributed by atoms with van der Waals surface area (Å²) >= 11 is 0. The van der Waals surface area contributed by atoms with Gasteiger partial charge in [0.05, 0.1) is 0 Å². The molecule has 0 spiro atoms. The number of carbonyl (C=O) groups is 1. The van der Waals surface area contributed by atoms with Gasteiger partial charge in [-0.25, -0.2) is 0 Å². The van der Waals surface area contributed by atoms with Gasteiger partial charge in [0.25, 0.3) is 0 Å². The molecule has 0 aliphatic carbocycles. The molecule has 2 nitrogen and oxygen atoms in total. The zero-order valence-electron chi connectivity index (χ0n) is 8.35. The highest BCUT2D eigenvalue weighted by atomic mass is 16.1. The smallest absolute Gasteiger partial charge is 0.164 e. The van der Waals surface area contributed by atoms with Crippen molar-refractivity contribution in [1.82, 2.24) is 0 Å². The first-order chi connectivity index (χ1) is 6.07. The van der Waals surface area contributed by atoms with E-state index in [1.165, 1.54) is 0 Å². The topological polar surface area (TPSA) is 43.1 Å². The predicted molar refractivity (Wildman–Crippen MR) is 54.9 cm³/mol. The van der Waals surface area contributed by atoms with Gasteiger partial charge in [0.1, 0.15) is 0 Å². The van der Waals surface area contributed by atoms with Gasteiger partial charge in [-0.05, 0) is 31.0 Å². The summed E-state index contributed by atoms with van der Waals surface area (Å²) in [6, 6.07) is 3.75. The van der Waals surface area contributed by atoms with Crippen LogP contribution in [-0.2, 0) is 0 Å². The molecule has 0 saturated heterocycles. The highest BCUT2D eigenvalue weighted by Crippen LogP contribution is 2.21. The molecular formula is C11H15NO. The van der Waals surface area contributed by atoms with Crippen LogP contribution in [0, 0.1) is 13.8 Å². The first-order valence-corrected chi connectivity index (χ1v) is 4.46. The van der Waals surface area contributed by atoms with E-state index in [1.54, 1.807) is 0 Å². The van der Waals surface area contributed by atoms with Gasteiger partial charge in [-0.1, -0.05) is 13.0 Å². The lowest BCUT2D eigenvalue weighted by molar-refractivity contribution is 0.0989. The number of hydrogen-bond acceptors (Lipinski definition) is 2. The third kappa shape index (κ3) is 1.72. The molecule has 13 heavy (non-hydrogen) atoms. The van der Waals surface area contributed by atoms with E-state index in [1.807, 2.05) is 32.9 Å². The van der Waals surface area contributed by atoms with Crippen LogP contribution in [-0.4, -0.2) is 5.78 Å². The number of rotatable bonds is 2. The number of aryl methyl sites for hydroxylation is 1. The van der Waals surface area contributed by atoms with Crippen LogP contribution in [0.5, 0.6) is 0 Å². The lowest BCUT2D eigenvalue weighted by Crippen LogP contribution is -2.04. The van der Waals surface area contributed by atoms with Crippen LogP contribution in [0.15, 0.2) is 12.1 Å². The summed E-state index contributed by atoms with van der Waals surface area (Å²) in [6.45, 7) is 5.78. The Morgan fingerprint density at radius 3 is 2.54 bits per heavy atom. The Morgan fingerprint density at radius 1 is 1.38 bits per heavy atom. The summed E-state index contributed by atoms with van der Waals surface area (Å²) < 4.78 is 0. The maximum absolute atomic E-state index is 11.4. The van der Waals surface area contributed by atoms with Crippen molar-refractivity contribution in [2.24, 2.45) is 0 Å². The van der Waals surface area contributed by atoms with Crippen molar-refractivity contribution in [3.05, 3.63) is 28.8 Å². The van der Waals surface area contributed by atoms with E-state index in [0.717, 1.165) is 11.1 Å². The summed E-state index contributed by atoms with van der Waals surface area (Å²) in [4.78, 5) is 11.4. The fourth-order valence-corrected chi connectivity index (χ4v) is 1.27. The minimum atomic E-state index is 0.112. The number of nitrogen functional groups attached to an aromatic ring is 1. The molecule has 2 N–H and O–H groups in total. The molecule has 0 heterocycles. The van der Waals surface area contributed by atoms with E-state index in [-0.39, 0.29) is 5.78 Å². The van der Waals surface area contributed by atoms with Crippen molar-refractivity contribution in [2.45, 2.75) is 27.2 Å². The number of hydrogen-bond donors (Lipinski definition) is 1. The second-order valence-corrected chi connectivity index (χ2v) is 3.25. The molecule has 1 aromatic rings. The van der Waals surface area contributed by atoms with Crippen LogP contribution in [0.2, 0.25) is 0 Å². The van der Waals surface area contributed by atoms with E-state index in [2.05, 4.69) is 0 Å². The normalized spacial score (nSPS) is 10.1. The third-order valence-electron chi connectivity index (χ3n) is 2.41. The van der Waals surface area contributed by atoms with Crippen LogP contribution in [0.25, 0.3) is 0 Å². The number of ketones is 1. The van der Waals surface area contributed by atoms with E-state index in [9.17, 15) is 4.79 Å². The molecule has 1 aromatic carbocycles. The highest BCUT2D eigenvalue weighted by molar-refractivity contribution is 6.01. The Hall–Kier alpha value is -1.31. The van der Waals surface area contributed by atoms with Gasteiger partial charge in [0.2, 0.25) is 0 Å².